The Labute approximate surface area is 162 Å². The predicted octanol–water partition coefficient (Wildman–Crippen LogP) is 3.13. The number of para-hydroxylation sites is 2. The minimum Gasteiger partial charge on any atom is -0.476 e. The zero-order valence-electron chi connectivity index (χ0n) is 15.6. The number of carbonyl (C=O) groups is 1. The molecule has 6 nitrogen and oxygen atoms in total. The second kappa shape index (κ2) is 7.80. The first-order chi connectivity index (χ1) is 13.7. The Kier molecular flexibility index (Phi) is 5.06. The Balaban J connectivity index is 1.53. The van der Waals surface area contributed by atoms with E-state index in [0.29, 0.717) is 43.8 Å². The van der Waals surface area contributed by atoms with Gasteiger partial charge in [0.1, 0.15) is 5.82 Å². The molecule has 0 bridgehead atoms. The van der Waals surface area contributed by atoms with E-state index in [4.69, 9.17) is 4.74 Å². The van der Waals surface area contributed by atoms with Gasteiger partial charge in [-0.05, 0) is 43.3 Å². The summed E-state index contributed by atoms with van der Waals surface area (Å²) < 4.78 is 18.7. The third kappa shape index (κ3) is 3.60. The lowest BCUT2D eigenvalue weighted by Gasteiger charge is -2.36. The minimum atomic E-state index is -0.254. The topological polar surface area (TPSA) is 58.6 Å². The number of fused-ring (bicyclic) bond motifs is 1. The molecule has 144 valence electrons. The second-order valence-corrected chi connectivity index (χ2v) is 6.55. The normalized spacial score (nSPS) is 14.4. The molecule has 1 saturated heterocycles. The molecule has 7 heteroatoms. The monoisotopic (exact) mass is 380 g/mol. The molecule has 1 fully saturated rings. The Morgan fingerprint density at radius 3 is 2.29 bits per heavy atom. The SMILES string of the molecule is CCOc1nc2ccccc2nc1C(=O)N1CCN(c2ccc(F)cc2)CC1. The first-order valence-corrected chi connectivity index (χ1v) is 9.35. The molecule has 1 amide bonds. The maximum absolute atomic E-state index is 13.1. The van der Waals surface area contributed by atoms with Crippen molar-refractivity contribution >= 4 is 22.6 Å². The molecule has 0 atom stereocenters. The highest BCUT2D eigenvalue weighted by Crippen LogP contribution is 2.22. The molecule has 0 unspecified atom stereocenters. The molecule has 3 aromatic rings. The number of nitrogens with zero attached hydrogens (tertiary/aromatic N) is 4. The number of ether oxygens (including phenoxy) is 1. The van der Waals surface area contributed by atoms with Crippen molar-refractivity contribution in [2.45, 2.75) is 6.92 Å². The summed E-state index contributed by atoms with van der Waals surface area (Å²) in [5.41, 5.74) is 2.56. The zero-order chi connectivity index (χ0) is 19.5. The largest absolute Gasteiger partial charge is 0.476 e. The molecule has 28 heavy (non-hydrogen) atoms. The first kappa shape index (κ1) is 18.2. The van der Waals surface area contributed by atoms with Crippen molar-refractivity contribution in [3.05, 3.63) is 60.0 Å². The minimum absolute atomic E-state index is 0.180. The van der Waals surface area contributed by atoms with E-state index in [1.807, 2.05) is 31.2 Å². The lowest BCUT2D eigenvalue weighted by atomic mass is 10.2. The number of carbonyl (C=O) groups excluding carboxylic acids is 1. The van der Waals surface area contributed by atoms with Crippen molar-refractivity contribution < 1.29 is 13.9 Å². The summed E-state index contributed by atoms with van der Waals surface area (Å²) in [5.74, 6) is -0.163. The van der Waals surface area contributed by atoms with Crippen LogP contribution in [0.1, 0.15) is 17.4 Å². The van der Waals surface area contributed by atoms with E-state index in [2.05, 4.69) is 14.9 Å². The molecule has 0 spiro atoms. The Morgan fingerprint density at radius 2 is 1.64 bits per heavy atom. The number of hydrogen-bond acceptors (Lipinski definition) is 5. The first-order valence-electron chi connectivity index (χ1n) is 9.35. The quantitative estimate of drug-likeness (QED) is 0.696. The second-order valence-electron chi connectivity index (χ2n) is 6.55. The number of amides is 1. The summed E-state index contributed by atoms with van der Waals surface area (Å²) in [4.78, 5) is 26.0. The van der Waals surface area contributed by atoms with Gasteiger partial charge in [-0.25, -0.2) is 14.4 Å². The summed E-state index contributed by atoms with van der Waals surface area (Å²) in [6.07, 6.45) is 0. The number of halogens is 1. The molecule has 0 N–H and O–H groups in total. The van der Waals surface area contributed by atoms with E-state index in [0.717, 1.165) is 5.69 Å². The van der Waals surface area contributed by atoms with E-state index in [-0.39, 0.29) is 23.3 Å². The van der Waals surface area contributed by atoms with Crippen LogP contribution in [0.3, 0.4) is 0 Å². The van der Waals surface area contributed by atoms with Gasteiger partial charge >= 0.3 is 0 Å². The summed E-state index contributed by atoms with van der Waals surface area (Å²) in [6.45, 7) is 4.70. The molecule has 0 saturated carbocycles. The Bertz CT molecular complexity index is 985. The number of rotatable bonds is 4. The van der Waals surface area contributed by atoms with E-state index < -0.39 is 0 Å². The van der Waals surface area contributed by atoms with E-state index >= 15 is 0 Å². The summed E-state index contributed by atoms with van der Waals surface area (Å²) >= 11 is 0. The molecule has 1 aliphatic heterocycles. The molecule has 1 aromatic heterocycles. The fourth-order valence-corrected chi connectivity index (χ4v) is 3.33. The predicted molar refractivity (Wildman–Crippen MR) is 105 cm³/mol. The summed E-state index contributed by atoms with van der Waals surface area (Å²) in [5, 5.41) is 0. The van der Waals surface area contributed by atoms with E-state index in [1.54, 1.807) is 17.0 Å². The fourth-order valence-electron chi connectivity index (χ4n) is 3.33. The van der Waals surface area contributed by atoms with Crippen molar-refractivity contribution in [2.24, 2.45) is 0 Å². The van der Waals surface area contributed by atoms with Crippen molar-refractivity contribution in [1.29, 1.82) is 0 Å². The number of hydrogen-bond donors (Lipinski definition) is 0. The molecule has 2 heterocycles. The molecule has 2 aromatic carbocycles. The smallest absolute Gasteiger partial charge is 0.278 e. The number of benzene rings is 2. The molecule has 4 rings (SSSR count). The van der Waals surface area contributed by atoms with Gasteiger partial charge in [-0.3, -0.25) is 4.79 Å². The highest BCUT2D eigenvalue weighted by atomic mass is 19.1. The molecular weight excluding hydrogens is 359 g/mol. The van der Waals surface area contributed by atoms with Crippen LogP contribution in [-0.4, -0.2) is 53.6 Å². The highest BCUT2D eigenvalue weighted by molar-refractivity contribution is 5.96. The highest BCUT2D eigenvalue weighted by Gasteiger charge is 2.27. The van der Waals surface area contributed by atoms with Gasteiger partial charge in [0.2, 0.25) is 5.88 Å². The molecule has 0 radical (unpaired) electrons. The maximum Gasteiger partial charge on any atom is 0.278 e. The fraction of sp³-hybridized carbons (Fsp3) is 0.286. The van der Waals surface area contributed by atoms with Gasteiger partial charge in [-0.2, -0.15) is 0 Å². The van der Waals surface area contributed by atoms with Gasteiger partial charge in [-0.1, -0.05) is 12.1 Å². The maximum atomic E-state index is 13.1. The Hall–Kier alpha value is -3.22. The van der Waals surface area contributed by atoms with Crippen LogP contribution in [0, 0.1) is 5.82 Å². The van der Waals surface area contributed by atoms with Gasteiger partial charge in [0.05, 0.1) is 17.6 Å². The summed E-state index contributed by atoms with van der Waals surface area (Å²) in [6, 6.07) is 13.8. The van der Waals surface area contributed by atoms with Crippen molar-refractivity contribution in [1.82, 2.24) is 14.9 Å². The number of piperazine rings is 1. The van der Waals surface area contributed by atoms with Crippen LogP contribution in [-0.2, 0) is 0 Å². The van der Waals surface area contributed by atoms with Crippen LogP contribution in [0.25, 0.3) is 11.0 Å². The molecule has 1 aliphatic rings. The van der Waals surface area contributed by atoms with Crippen LogP contribution in [0.15, 0.2) is 48.5 Å². The van der Waals surface area contributed by atoms with Gasteiger partial charge in [0, 0.05) is 31.9 Å². The van der Waals surface area contributed by atoms with Crippen LogP contribution < -0.4 is 9.64 Å². The lowest BCUT2D eigenvalue weighted by Crippen LogP contribution is -2.49. The third-order valence-electron chi connectivity index (χ3n) is 4.78. The molecular formula is C21H21FN4O2. The van der Waals surface area contributed by atoms with Crippen LogP contribution in [0.4, 0.5) is 10.1 Å². The molecule has 0 aliphatic carbocycles. The van der Waals surface area contributed by atoms with E-state index in [9.17, 15) is 9.18 Å². The van der Waals surface area contributed by atoms with Crippen molar-refractivity contribution in [2.75, 3.05) is 37.7 Å². The zero-order valence-corrected chi connectivity index (χ0v) is 15.6. The number of anilines is 1. The van der Waals surface area contributed by atoms with Crippen molar-refractivity contribution in [3.8, 4) is 5.88 Å². The number of aromatic nitrogens is 2. The standard InChI is InChI=1S/C21H21FN4O2/c1-2-28-20-19(23-17-5-3-4-6-18(17)24-20)21(27)26-13-11-25(12-14-26)16-9-7-15(22)8-10-16/h3-10H,2,11-14H2,1H3. The van der Waals surface area contributed by atoms with E-state index in [1.165, 1.54) is 12.1 Å². The van der Waals surface area contributed by atoms with Gasteiger partial charge in [-0.15, -0.1) is 0 Å². The van der Waals surface area contributed by atoms with Crippen molar-refractivity contribution in [3.63, 3.8) is 0 Å². The van der Waals surface area contributed by atoms with Crippen LogP contribution in [0.5, 0.6) is 5.88 Å². The van der Waals surface area contributed by atoms with Crippen LogP contribution in [0.2, 0.25) is 0 Å². The average molecular weight is 380 g/mol. The van der Waals surface area contributed by atoms with Gasteiger partial charge < -0.3 is 14.5 Å². The summed E-state index contributed by atoms with van der Waals surface area (Å²) in [7, 11) is 0. The lowest BCUT2D eigenvalue weighted by molar-refractivity contribution is 0.0735. The Morgan fingerprint density at radius 1 is 1.00 bits per heavy atom. The average Bonchev–Trinajstić information content (AvgIpc) is 2.74. The van der Waals surface area contributed by atoms with Gasteiger partial charge in [0.25, 0.3) is 5.91 Å². The third-order valence-corrected chi connectivity index (χ3v) is 4.78. The van der Waals surface area contributed by atoms with Gasteiger partial charge in [0.15, 0.2) is 5.69 Å². The van der Waals surface area contributed by atoms with Crippen LogP contribution >= 0.6 is 0 Å².